The Kier molecular flexibility index (Phi) is 3.84. The second kappa shape index (κ2) is 4.53. The SMILES string of the molecule is CC(C)(C)NC(=O)[C@H]1C[C@@H]1SCCO. The molecule has 14 heavy (non-hydrogen) atoms. The second-order valence-electron chi connectivity index (χ2n) is 4.71. The van der Waals surface area contributed by atoms with Crippen LogP contribution in [-0.2, 0) is 4.79 Å². The summed E-state index contributed by atoms with van der Waals surface area (Å²) >= 11 is 1.69. The topological polar surface area (TPSA) is 49.3 Å². The lowest BCUT2D eigenvalue weighted by Crippen LogP contribution is -2.41. The molecular weight excluding hydrogens is 198 g/mol. The van der Waals surface area contributed by atoms with Crippen molar-refractivity contribution in [3.8, 4) is 0 Å². The fourth-order valence-electron chi connectivity index (χ4n) is 1.30. The van der Waals surface area contributed by atoms with Gasteiger partial charge in [-0.15, -0.1) is 0 Å². The fourth-order valence-corrected chi connectivity index (χ4v) is 2.41. The van der Waals surface area contributed by atoms with Gasteiger partial charge in [-0.25, -0.2) is 0 Å². The Morgan fingerprint density at radius 3 is 2.71 bits per heavy atom. The van der Waals surface area contributed by atoms with Crippen LogP contribution in [0.3, 0.4) is 0 Å². The third kappa shape index (κ3) is 3.88. The largest absolute Gasteiger partial charge is 0.396 e. The number of carbonyl (C=O) groups is 1. The standard InChI is InChI=1S/C10H19NO2S/c1-10(2,3)11-9(13)7-6-8(7)14-5-4-12/h7-8,12H,4-6H2,1-3H3,(H,11,13)/t7-,8-/m0/s1. The number of hydrogen-bond acceptors (Lipinski definition) is 3. The van der Waals surface area contributed by atoms with Crippen LogP contribution in [0, 0.1) is 5.92 Å². The number of hydrogen-bond donors (Lipinski definition) is 2. The highest BCUT2D eigenvalue weighted by Crippen LogP contribution is 2.41. The van der Waals surface area contributed by atoms with Gasteiger partial charge in [0.2, 0.25) is 5.91 Å². The Hall–Kier alpha value is -0.220. The quantitative estimate of drug-likeness (QED) is 0.739. The maximum absolute atomic E-state index is 11.6. The fraction of sp³-hybridized carbons (Fsp3) is 0.900. The van der Waals surface area contributed by atoms with Crippen LogP contribution in [0.5, 0.6) is 0 Å². The molecule has 0 aromatic heterocycles. The summed E-state index contributed by atoms with van der Waals surface area (Å²) in [5.41, 5.74) is -0.133. The van der Waals surface area contributed by atoms with Gasteiger partial charge in [-0.1, -0.05) is 0 Å². The van der Waals surface area contributed by atoms with Crippen LogP contribution in [-0.4, -0.2) is 34.2 Å². The Labute approximate surface area is 89.6 Å². The lowest BCUT2D eigenvalue weighted by Gasteiger charge is -2.20. The summed E-state index contributed by atoms with van der Waals surface area (Å²) in [5, 5.41) is 12.0. The summed E-state index contributed by atoms with van der Waals surface area (Å²) in [6, 6.07) is 0. The van der Waals surface area contributed by atoms with Crippen molar-refractivity contribution >= 4 is 17.7 Å². The van der Waals surface area contributed by atoms with Crippen molar-refractivity contribution in [1.82, 2.24) is 5.32 Å². The summed E-state index contributed by atoms with van der Waals surface area (Å²) in [6.07, 6.45) is 0.965. The van der Waals surface area contributed by atoms with E-state index in [-0.39, 0.29) is 24.0 Å². The molecule has 2 atom stereocenters. The molecule has 0 heterocycles. The molecule has 0 bridgehead atoms. The molecule has 0 aromatic carbocycles. The molecule has 4 heteroatoms. The van der Waals surface area contributed by atoms with E-state index in [9.17, 15) is 4.79 Å². The average molecular weight is 217 g/mol. The third-order valence-corrected chi connectivity index (χ3v) is 3.36. The smallest absolute Gasteiger partial charge is 0.224 e. The van der Waals surface area contributed by atoms with Crippen molar-refractivity contribution in [1.29, 1.82) is 0 Å². The number of carbonyl (C=O) groups excluding carboxylic acids is 1. The molecule has 0 saturated heterocycles. The molecule has 1 rings (SSSR count). The maximum atomic E-state index is 11.6. The minimum atomic E-state index is -0.133. The lowest BCUT2D eigenvalue weighted by atomic mass is 10.1. The van der Waals surface area contributed by atoms with Crippen molar-refractivity contribution in [3.05, 3.63) is 0 Å². The molecule has 0 spiro atoms. The Morgan fingerprint density at radius 2 is 2.21 bits per heavy atom. The van der Waals surface area contributed by atoms with Crippen molar-refractivity contribution in [2.75, 3.05) is 12.4 Å². The Morgan fingerprint density at radius 1 is 1.57 bits per heavy atom. The Balaban J connectivity index is 2.22. The predicted molar refractivity (Wildman–Crippen MR) is 59.3 cm³/mol. The molecule has 0 unspecified atom stereocenters. The molecule has 1 aliphatic carbocycles. The first-order valence-electron chi connectivity index (χ1n) is 4.98. The monoisotopic (exact) mass is 217 g/mol. The van der Waals surface area contributed by atoms with Crippen molar-refractivity contribution in [2.24, 2.45) is 5.92 Å². The van der Waals surface area contributed by atoms with E-state index in [1.807, 2.05) is 20.8 Å². The highest BCUT2D eigenvalue weighted by molar-refractivity contribution is 8.00. The van der Waals surface area contributed by atoms with Crippen LogP contribution in [0.2, 0.25) is 0 Å². The number of thioether (sulfide) groups is 1. The molecule has 3 nitrogen and oxygen atoms in total. The summed E-state index contributed by atoms with van der Waals surface area (Å²) < 4.78 is 0. The van der Waals surface area contributed by atoms with Crippen LogP contribution < -0.4 is 5.32 Å². The van der Waals surface area contributed by atoms with E-state index in [1.165, 1.54) is 0 Å². The molecule has 2 N–H and O–H groups in total. The summed E-state index contributed by atoms with van der Waals surface area (Å²) in [7, 11) is 0. The molecule has 1 amide bonds. The van der Waals surface area contributed by atoms with E-state index < -0.39 is 0 Å². The van der Waals surface area contributed by atoms with Crippen LogP contribution >= 0.6 is 11.8 Å². The third-order valence-electron chi connectivity index (χ3n) is 1.99. The summed E-state index contributed by atoms with van der Waals surface area (Å²) in [5.74, 6) is 1.07. The van der Waals surface area contributed by atoms with Crippen LogP contribution in [0.15, 0.2) is 0 Å². The molecule has 0 aliphatic heterocycles. The average Bonchev–Trinajstić information content (AvgIpc) is 2.76. The van der Waals surface area contributed by atoms with E-state index in [0.717, 1.165) is 12.2 Å². The first-order valence-corrected chi connectivity index (χ1v) is 6.03. The van der Waals surface area contributed by atoms with Gasteiger partial charge >= 0.3 is 0 Å². The van der Waals surface area contributed by atoms with Crippen LogP contribution in [0.1, 0.15) is 27.2 Å². The summed E-state index contributed by atoms with van der Waals surface area (Å²) in [6.45, 7) is 6.17. The van der Waals surface area contributed by atoms with Crippen molar-refractivity contribution in [3.63, 3.8) is 0 Å². The number of rotatable bonds is 4. The molecule has 1 aliphatic rings. The second-order valence-corrected chi connectivity index (χ2v) is 6.06. The zero-order valence-corrected chi connectivity index (χ0v) is 9.86. The highest BCUT2D eigenvalue weighted by atomic mass is 32.2. The normalized spacial score (nSPS) is 26.0. The number of amides is 1. The van der Waals surface area contributed by atoms with Gasteiger partial charge < -0.3 is 10.4 Å². The van der Waals surface area contributed by atoms with Gasteiger partial charge in [-0.3, -0.25) is 4.79 Å². The number of aliphatic hydroxyl groups is 1. The van der Waals surface area contributed by atoms with Gasteiger partial charge in [0.05, 0.1) is 12.5 Å². The number of nitrogens with one attached hydrogen (secondary N) is 1. The van der Waals surface area contributed by atoms with E-state index in [2.05, 4.69) is 5.32 Å². The van der Waals surface area contributed by atoms with Crippen LogP contribution in [0.4, 0.5) is 0 Å². The molecule has 0 radical (unpaired) electrons. The van der Waals surface area contributed by atoms with Gasteiger partial charge in [0.1, 0.15) is 0 Å². The van der Waals surface area contributed by atoms with E-state index in [0.29, 0.717) is 5.25 Å². The van der Waals surface area contributed by atoms with Gasteiger partial charge in [0.15, 0.2) is 0 Å². The van der Waals surface area contributed by atoms with Gasteiger partial charge in [0.25, 0.3) is 0 Å². The maximum Gasteiger partial charge on any atom is 0.224 e. The molecule has 0 aromatic rings. The zero-order valence-electron chi connectivity index (χ0n) is 9.04. The van der Waals surface area contributed by atoms with E-state index in [4.69, 9.17) is 5.11 Å². The van der Waals surface area contributed by atoms with Crippen molar-refractivity contribution in [2.45, 2.75) is 38.0 Å². The van der Waals surface area contributed by atoms with E-state index in [1.54, 1.807) is 11.8 Å². The van der Waals surface area contributed by atoms with E-state index >= 15 is 0 Å². The Bertz CT molecular complexity index is 213. The first kappa shape index (κ1) is 11.9. The molecule has 1 fully saturated rings. The van der Waals surface area contributed by atoms with Crippen LogP contribution in [0.25, 0.3) is 0 Å². The minimum absolute atomic E-state index is 0.133. The lowest BCUT2D eigenvalue weighted by molar-refractivity contribution is -0.123. The van der Waals surface area contributed by atoms with Gasteiger partial charge in [-0.2, -0.15) is 11.8 Å². The summed E-state index contributed by atoms with van der Waals surface area (Å²) in [4.78, 5) is 11.6. The van der Waals surface area contributed by atoms with Crippen molar-refractivity contribution < 1.29 is 9.90 Å². The van der Waals surface area contributed by atoms with Gasteiger partial charge in [-0.05, 0) is 27.2 Å². The number of aliphatic hydroxyl groups excluding tert-OH is 1. The van der Waals surface area contributed by atoms with Gasteiger partial charge in [0, 0.05) is 16.5 Å². The highest BCUT2D eigenvalue weighted by Gasteiger charge is 2.43. The molecule has 82 valence electrons. The first-order chi connectivity index (χ1) is 6.44. The predicted octanol–water partition coefficient (Wildman–Crippen LogP) is 1.02. The molecule has 1 saturated carbocycles. The molecular formula is C10H19NO2S. The minimum Gasteiger partial charge on any atom is -0.396 e. The zero-order chi connectivity index (χ0) is 10.8.